The first kappa shape index (κ1) is 12.4. The molecular formula is C10H10F3NO2. The van der Waals surface area contributed by atoms with Crippen LogP contribution in [0.3, 0.4) is 0 Å². The van der Waals surface area contributed by atoms with Gasteiger partial charge in [-0.1, -0.05) is 30.3 Å². The highest BCUT2D eigenvalue weighted by Crippen LogP contribution is 2.34. The van der Waals surface area contributed by atoms with Crippen molar-refractivity contribution in [3.8, 4) is 0 Å². The molecule has 0 bridgehead atoms. The zero-order valence-electron chi connectivity index (χ0n) is 8.16. The van der Waals surface area contributed by atoms with Gasteiger partial charge in [0.15, 0.2) is 0 Å². The summed E-state index contributed by atoms with van der Waals surface area (Å²) < 4.78 is 37.9. The predicted octanol–water partition coefficient (Wildman–Crippen LogP) is 2.60. The molecule has 1 atom stereocenters. The summed E-state index contributed by atoms with van der Waals surface area (Å²) in [5, 5.41) is 10.0. The molecule has 2 N–H and O–H groups in total. The third kappa shape index (κ3) is 3.45. The third-order valence-electron chi connectivity index (χ3n) is 2.05. The second-order valence-corrected chi connectivity index (χ2v) is 3.19. The maximum absolute atomic E-state index is 12.6. The summed E-state index contributed by atoms with van der Waals surface area (Å²) in [5.74, 6) is -1.82. The Morgan fingerprint density at radius 1 is 1.31 bits per heavy atom. The molecule has 0 radical (unpaired) electrons. The minimum Gasteiger partial charge on any atom is -0.465 e. The Labute approximate surface area is 89.9 Å². The standard InChI is InChI=1S/C10H10F3NO2/c11-10(12,13)8(6-14-9(15)16)7-4-2-1-3-5-7/h1-5,8,14H,6H2,(H,15,16). The van der Waals surface area contributed by atoms with Gasteiger partial charge in [0.25, 0.3) is 0 Å². The summed E-state index contributed by atoms with van der Waals surface area (Å²) in [6, 6.07) is 7.20. The zero-order chi connectivity index (χ0) is 12.2. The van der Waals surface area contributed by atoms with E-state index in [-0.39, 0.29) is 5.56 Å². The van der Waals surface area contributed by atoms with Crippen molar-refractivity contribution in [1.82, 2.24) is 5.32 Å². The fourth-order valence-corrected chi connectivity index (χ4v) is 1.30. The molecule has 3 nitrogen and oxygen atoms in total. The SMILES string of the molecule is O=C(O)NCC(c1ccccc1)C(F)(F)F. The van der Waals surface area contributed by atoms with Crippen molar-refractivity contribution < 1.29 is 23.1 Å². The van der Waals surface area contributed by atoms with Crippen molar-refractivity contribution in [2.24, 2.45) is 0 Å². The van der Waals surface area contributed by atoms with Crippen LogP contribution < -0.4 is 5.32 Å². The van der Waals surface area contributed by atoms with Gasteiger partial charge in [0.1, 0.15) is 0 Å². The molecule has 1 unspecified atom stereocenters. The molecule has 0 heterocycles. The summed E-state index contributed by atoms with van der Waals surface area (Å²) in [6.07, 6.45) is -5.94. The normalized spacial score (nSPS) is 13.2. The predicted molar refractivity (Wildman–Crippen MR) is 51.3 cm³/mol. The van der Waals surface area contributed by atoms with E-state index in [1.54, 1.807) is 11.4 Å². The number of carboxylic acid groups (broad SMARTS) is 1. The first-order chi connectivity index (χ1) is 7.41. The lowest BCUT2D eigenvalue weighted by atomic mass is 9.99. The average Bonchev–Trinajstić information content (AvgIpc) is 2.17. The van der Waals surface area contributed by atoms with Gasteiger partial charge in [-0.3, -0.25) is 0 Å². The number of carbonyl (C=O) groups is 1. The lowest BCUT2D eigenvalue weighted by molar-refractivity contribution is -0.149. The van der Waals surface area contributed by atoms with E-state index in [4.69, 9.17) is 5.11 Å². The molecule has 0 saturated carbocycles. The molecule has 0 fully saturated rings. The Hall–Kier alpha value is -1.72. The number of hydrogen-bond acceptors (Lipinski definition) is 1. The van der Waals surface area contributed by atoms with E-state index in [1.165, 1.54) is 24.3 Å². The van der Waals surface area contributed by atoms with E-state index in [1.807, 2.05) is 0 Å². The molecule has 0 aliphatic rings. The van der Waals surface area contributed by atoms with Crippen LogP contribution in [0, 0.1) is 0 Å². The van der Waals surface area contributed by atoms with E-state index in [9.17, 15) is 18.0 Å². The van der Waals surface area contributed by atoms with Gasteiger partial charge in [-0.05, 0) is 5.56 Å². The van der Waals surface area contributed by atoms with Gasteiger partial charge in [-0.2, -0.15) is 13.2 Å². The van der Waals surface area contributed by atoms with Crippen molar-refractivity contribution >= 4 is 6.09 Å². The Morgan fingerprint density at radius 3 is 2.31 bits per heavy atom. The molecule has 0 aliphatic heterocycles. The van der Waals surface area contributed by atoms with Crippen LogP contribution in [-0.4, -0.2) is 23.9 Å². The van der Waals surface area contributed by atoms with Crippen LogP contribution in [0.2, 0.25) is 0 Å². The summed E-state index contributed by atoms with van der Waals surface area (Å²) in [4.78, 5) is 10.2. The second-order valence-electron chi connectivity index (χ2n) is 3.19. The Balaban J connectivity index is 2.84. The topological polar surface area (TPSA) is 49.3 Å². The molecular weight excluding hydrogens is 223 g/mol. The summed E-state index contributed by atoms with van der Waals surface area (Å²) in [5.41, 5.74) is 0.0451. The quantitative estimate of drug-likeness (QED) is 0.843. The van der Waals surface area contributed by atoms with Crippen molar-refractivity contribution in [2.75, 3.05) is 6.54 Å². The first-order valence-corrected chi connectivity index (χ1v) is 4.49. The van der Waals surface area contributed by atoms with Crippen molar-refractivity contribution in [3.05, 3.63) is 35.9 Å². The lowest BCUT2D eigenvalue weighted by Crippen LogP contribution is -2.34. The van der Waals surface area contributed by atoms with Crippen LogP contribution in [0.5, 0.6) is 0 Å². The first-order valence-electron chi connectivity index (χ1n) is 4.49. The van der Waals surface area contributed by atoms with Gasteiger partial charge < -0.3 is 10.4 Å². The van der Waals surface area contributed by atoms with Gasteiger partial charge in [0, 0.05) is 6.54 Å². The van der Waals surface area contributed by atoms with Gasteiger partial charge in [-0.25, -0.2) is 4.79 Å². The molecule has 16 heavy (non-hydrogen) atoms. The molecule has 0 aliphatic carbocycles. The molecule has 88 valence electrons. The molecule has 0 aromatic heterocycles. The van der Waals surface area contributed by atoms with E-state index >= 15 is 0 Å². The van der Waals surface area contributed by atoms with Crippen LogP contribution in [0.4, 0.5) is 18.0 Å². The third-order valence-corrected chi connectivity index (χ3v) is 2.05. The van der Waals surface area contributed by atoms with Crippen LogP contribution in [0.25, 0.3) is 0 Å². The minimum absolute atomic E-state index is 0.0451. The van der Waals surface area contributed by atoms with Crippen LogP contribution >= 0.6 is 0 Å². The Bertz CT molecular complexity index is 351. The maximum atomic E-state index is 12.6. The maximum Gasteiger partial charge on any atom is 0.404 e. The number of halogens is 3. The van der Waals surface area contributed by atoms with Crippen LogP contribution in [0.15, 0.2) is 30.3 Å². The molecule has 1 rings (SSSR count). The second kappa shape index (κ2) is 4.87. The largest absolute Gasteiger partial charge is 0.465 e. The number of nitrogens with one attached hydrogen (secondary N) is 1. The number of hydrogen-bond donors (Lipinski definition) is 2. The average molecular weight is 233 g/mol. The van der Waals surface area contributed by atoms with Gasteiger partial charge in [-0.15, -0.1) is 0 Å². The molecule has 1 aromatic rings. The van der Waals surface area contributed by atoms with E-state index in [2.05, 4.69) is 0 Å². The summed E-state index contributed by atoms with van der Waals surface area (Å²) in [7, 11) is 0. The number of benzene rings is 1. The van der Waals surface area contributed by atoms with E-state index in [0.717, 1.165) is 0 Å². The summed E-state index contributed by atoms with van der Waals surface area (Å²) in [6.45, 7) is -0.678. The van der Waals surface area contributed by atoms with E-state index in [0.29, 0.717) is 0 Å². The monoisotopic (exact) mass is 233 g/mol. The molecule has 1 aromatic carbocycles. The minimum atomic E-state index is -4.47. The number of alkyl halides is 3. The van der Waals surface area contributed by atoms with Crippen LogP contribution in [0.1, 0.15) is 11.5 Å². The number of amides is 1. The van der Waals surface area contributed by atoms with Gasteiger partial charge in [0.2, 0.25) is 0 Å². The van der Waals surface area contributed by atoms with Crippen molar-refractivity contribution in [2.45, 2.75) is 12.1 Å². The fourth-order valence-electron chi connectivity index (χ4n) is 1.30. The Kier molecular flexibility index (Phi) is 3.76. The van der Waals surface area contributed by atoms with Crippen molar-refractivity contribution in [3.63, 3.8) is 0 Å². The molecule has 1 amide bonds. The highest BCUT2D eigenvalue weighted by Gasteiger charge is 2.40. The summed E-state index contributed by atoms with van der Waals surface area (Å²) >= 11 is 0. The Morgan fingerprint density at radius 2 is 1.88 bits per heavy atom. The van der Waals surface area contributed by atoms with Gasteiger partial charge in [0.05, 0.1) is 5.92 Å². The number of rotatable bonds is 3. The fraction of sp³-hybridized carbons (Fsp3) is 0.300. The molecule has 6 heteroatoms. The highest BCUT2D eigenvalue weighted by molar-refractivity contribution is 5.64. The highest BCUT2D eigenvalue weighted by atomic mass is 19.4. The smallest absolute Gasteiger partial charge is 0.404 e. The van der Waals surface area contributed by atoms with E-state index < -0.39 is 24.7 Å². The molecule has 0 spiro atoms. The molecule has 0 saturated heterocycles. The lowest BCUT2D eigenvalue weighted by Gasteiger charge is -2.20. The van der Waals surface area contributed by atoms with Gasteiger partial charge >= 0.3 is 12.3 Å². The van der Waals surface area contributed by atoms with Crippen molar-refractivity contribution in [1.29, 1.82) is 0 Å². The zero-order valence-corrected chi connectivity index (χ0v) is 8.16. The van der Waals surface area contributed by atoms with Crippen LogP contribution in [-0.2, 0) is 0 Å².